The Morgan fingerprint density at radius 2 is 1.61 bits per heavy atom. The molecular weight excluding hydrogens is 423 g/mol. The van der Waals surface area contributed by atoms with Gasteiger partial charge in [0, 0.05) is 31.6 Å². The summed E-state index contributed by atoms with van der Waals surface area (Å²) in [6, 6.07) is 11.4. The van der Waals surface area contributed by atoms with Gasteiger partial charge in [0.1, 0.15) is 11.4 Å². The van der Waals surface area contributed by atoms with Crippen LogP contribution in [0.4, 0.5) is 25.4 Å². The Bertz CT molecular complexity index is 1030. The first kappa shape index (κ1) is 22.9. The summed E-state index contributed by atoms with van der Waals surface area (Å²) in [5.41, 5.74) is 8.31. The Hall–Kier alpha value is -3.29. The van der Waals surface area contributed by atoms with Crippen molar-refractivity contribution in [1.82, 2.24) is 9.80 Å². The fraction of sp³-hybridized carbons (Fsp3) is 0.440. The number of hydrogen-bond acceptors (Lipinski definition) is 4. The molecule has 0 atom stereocenters. The number of amides is 3. The lowest BCUT2D eigenvalue weighted by molar-refractivity contribution is -0.0300. The van der Waals surface area contributed by atoms with E-state index in [0.717, 1.165) is 24.0 Å². The number of rotatable bonds is 2. The smallest absolute Gasteiger partial charge is 0.410 e. The number of benzene rings is 2. The fourth-order valence-electron chi connectivity index (χ4n) is 4.39. The van der Waals surface area contributed by atoms with E-state index in [4.69, 9.17) is 10.5 Å². The van der Waals surface area contributed by atoms with Gasteiger partial charge in [-0.25, -0.2) is 14.0 Å². The Balaban J connectivity index is 1.32. The molecule has 176 valence electrons. The van der Waals surface area contributed by atoms with Crippen molar-refractivity contribution < 1.29 is 18.7 Å². The highest BCUT2D eigenvalue weighted by atomic mass is 19.1. The first-order valence-electron chi connectivity index (χ1n) is 11.2. The highest BCUT2D eigenvalue weighted by molar-refractivity contribution is 5.94. The van der Waals surface area contributed by atoms with Crippen LogP contribution >= 0.6 is 0 Å². The van der Waals surface area contributed by atoms with Crippen LogP contribution in [0.3, 0.4) is 0 Å². The van der Waals surface area contributed by atoms with Crippen molar-refractivity contribution in [2.75, 3.05) is 37.2 Å². The van der Waals surface area contributed by atoms with Crippen LogP contribution in [0.2, 0.25) is 0 Å². The molecule has 3 amide bonds. The maximum absolute atomic E-state index is 13.2. The number of hydrogen-bond donors (Lipinski definition) is 2. The molecule has 2 aromatic rings. The zero-order valence-electron chi connectivity index (χ0n) is 19.4. The second-order valence-corrected chi connectivity index (χ2v) is 10.1. The summed E-state index contributed by atoms with van der Waals surface area (Å²) in [4.78, 5) is 28.6. The number of nitrogens with zero attached hydrogens (tertiary/aromatic N) is 2. The highest BCUT2D eigenvalue weighted by Gasteiger charge is 2.47. The third-order valence-corrected chi connectivity index (χ3v) is 6.29. The average molecular weight is 455 g/mol. The summed E-state index contributed by atoms with van der Waals surface area (Å²) in [5, 5.41) is 2.91. The van der Waals surface area contributed by atoms with Gasteiger partial charge in [-0.2, -0.15) is 0 Å². The summed E-state index contributed by atoms with van der Waals surface area (Å²) in [6.45, 7) is 8.16. The van der Waals surface area contributed by atoms with Crippen molar-refractivity contribution in [3.05, 3.63) is 48.3 Å². The zero-order valence-corrected chi connectivity index (χ0v) is 19.4. The molecule has 2 heterocycles. The molecule has 0 aromatic heterocycles. The number of likely N-dealkylation sites (tertiary alicyclic amines) is 2. The molecule has 3 N–H and O–H groups in total. The van der Waals surface area contributed by atoms with Crippen LogP contribution in [0.1, 0.15) is 33.6 Å². The largest absolute Gasteiger partial charge is 0.444 e. The predicted octanol–water partition coefficient (Wildman–Crippen LogP) is 4.94. The summed E-state index contributed by atoms with van der Waals surface area (Å²) in [6.07, 6.45) is 1.42. The van der Waals surface area contributed by atoms with Crippen LogP contribution in [-0.2, 0) is 4.74 Å². The zero-order chi connectivity index (χ0) is 23.8. The monoisotopic (exact) mass is 454 g/mol. The van der Waals surface area contributed by atoms with Crippen LogP contribution in [0, 0.1) is 11.2 Å². The Kier molecular flexibility index (Phi) is 5.95. The number of carbonyl (C=O) groups excluding carboxylic acids is 2. The van der Waals surface area contributed by atoms with Crippen molar-refractivity contribution in [1.29, 1.82) is 0 Å². The first-order valence-corrected chi connectivity index (χ1v) is 11.2. The van der Waals surface area contributed by atoms with E-state index in [1.54, 1.807) is 34.1 Å². The molecule has 7 nitrogen and oxygen atoms in total. The number of carbonyl (C=O) groups is 2. The lowest BCUT2D eigenvalue weighted by Gasteiger charge is -2.53. The van der Waals surface area contributed by atoms with Crippen molar-refractivity contribution in [2.45, 2.75) is 39.2 Å². The lowest BCUT2D eigenvalue weighted by Crippen LogP contribution is -2.63. The van der Waals surface area contributed by atoms with Crippen LogP contribution in [0.25, 0.3) is 11.1 Å². The number of nitrogen functional groups attached to an aromatic ring is 1. The van der Waals surface area contributed by atoms with Crippen molar-refractivity contribution in [2.24, 2.45) is 5.41 Å². The SMILES string of the molecule is CC(C)(C)OC(=O)N1CCC2(CC1)CN(C(=O)Nc1cc(-c3ccc(F)cc3)ccc1N)C2. The Morgan fingerprint density at radius 1 is 1.00 bits per heavy atom. The summed E-state index contributed by atoms with van der Waals surface area (Å²) in [7, 11) is 0. The van der Waals surface area contributed by atoms with E-state index in [1.165, 1.54) is 12.1 Å². The Morgan fingerprint density at radius 3 is 2.21 bits per heavy atom. The molecule has 2 aromatic carbocycles. The molecule has 8 heteroatoms. The average Bonchev–Trinajstić information content (AvgIpc) is 2.73. The van der Waals surface area contributed by atoms with Gasteiger partial charge in [0.25, 0.3) is 0 Å². The number of anilines is 2. The minimum absolute atomic E-state index is 0.0529. The molecule has 33 heavy (non-hydrogen) atoms. The lowest BCUT2D eigenvalue weighted by atomic mass is 9.72. The number of halogens is 1. The van der Waals surface area contributed by atoms with E-state index in [0.29, 0.717) is 37.6 Å². The van der Waals surface area contributed by atoms with Crippen LogP contribution in [0.15, 0.2) is 42.5 Å². The Labute approximate surface area is 193 Å². The fourth-order valence-corrected chi connectivity index (χ4v) is 4.39. The maximum Gasteiger partial charge on any atom is 0.410 e. The normalized spacial score (nSPS) is 17.5. The summed E-state index contributed by atoms with van der Waals surface area (Å²) < 4.78 is 18.7. The van der Waals surface area contributed by atoms with E-state index >= 15 is 0 Å². The molecule has 0 radical (unpaired) electrons. The maximum atomic E-state index is 13.2. The molecule has 0 bridgehead atoms. The van der Waals surface area contributed by atoms with Gasteiger partial charge in [-0.05, 0) is 69.0 Å². The number of urea groups is 1. The molecule has 2 fully saturated rings. The second-order valence-electron chi connectivity index (χ2n) is 10.1. The van der Waals surface area contributed by atoms with Gasteiger partial charge >= 0.3 is 12.1 Å². The molecule has 2 aliphatic rings. The number of nitrogens with one attached hydrogen (secondary N) is 1. The molecule has 0 aliphatic carbocycles. The van der Waals surface area contributed by atoms with E-state index in [2.05, 4.69) is 5.32 Å². The molecule has 0 saturated carbocycles. The molecule has 2 aliphatic heterocycles. The predicted molar refractivity (Wildman–Crippen MR) is 126 cm³/mol. The highest BCUT2D eigenvalue weighted by Crippen LogP contribution is 2.41. The number of nitrogens with two attached hydrogens (primary N) is 1. The van der Waals surface area contributed by atoms with Gasteiger partial charge in [0.15, 0.2) is 0 Å². The molecule has 0 unspecified atom stereocenters. The van der Waals surface area contributed by atoms with E-state index in [9.17, 15) is 14.0 Å². The second kappa shape index (κ2) is 8.57. The summed E-state index contributed by atoms with van der Waals surface area (Å²) in [5.74, 6) is -0.300. The van der Waals surface area contributed by atoms with Gasteiger partial charge < -0.3 is 25.6 Å². The number of piperidine rings is 1. The van der Waals surface area contributed by atoms with Gasteiger partial charge in [0.2, 0.25) is 0 Å². The quantitative estimate of drug-likeness (QED) is 0.629. The minimum atomic E-state index is -0.507. The van der Waals surface area contributed by atoms with Gasteiger partial charge in [-0.3, -0.25) is 0 Å². The van der Waals surface area contributed by atoms with Gasteiger partial charge in [0.05, 0.1) is 11.4 Å². The molecule has 2 saturated heterocycles. The first-order chi connectivity index (χ1) is 15.5. The van der Waals surface area contributed by atoms with Gasteiger partial charge in [-0.15, -0.1) is 0 Å². The van der Waals surface area contributed by atoms with Crippen LogP contribution in [0.5, 0.6) is 0 Å². The topological polar surface area (TPSA) is 87.9 Å². The molecular formula is C25H31FN4O3. The van der Waals surface area contributed by atoms with Crippen molar-refractivity contribution in [3.8, 4) is 11.1 Å². The summed E-state index contributed by atoms with van der Waals surface area (Å²) >= 11 is 0. The molecule has 4 rings (SSSR count). The molecule has 1 spiro atoms. The van der Waals surface area contributed by atoms with E-state index in [1.807, 2.05) is 26.8 Å². The van der Waals surface area contributed by atoms with E-state index < -0.39 is 5.60 Å². The van der Waals surface area contributed by atoms with Gasteiger partial charge in [-0.1, -0.05) is 18.2 Å². The minimum Gasteiger partial charge on any atom is -0.444 e. The van der Waals surface area contributed by atoms with Crippen molar-refractivity contribution in [3.63, 3.8) is 0 Å². The number of ether oxygens (including phenoxy) is 1. The third kappa shape index (κ3) is 5.21. The third-order valence-electron chi connectivity index (χ3n) is 6.29. The standard InChI is InChI=1S/C25H31FN4O3/c1-24(2,3)33-23(32)29-12-10-25(11-13-29)15-30(16-25)22(31)28-21-14-18(6-9-20(21)27)17-4-7-19(26)8-5-17/h4-9,14H,10-13,15-16,27H2,1-3H3,(H,28,31). The van der Waals surface area contributed by atoms with Crippen LogP contribution in [-0.4, -0.2) is 53.7 Å². The van der Waals surface area contributed by atoms with Crippen LogP contribution < -0.4 is 11.1 Å². The van der Waals surface area contributed by atoms with E-state index in [-0.39, 0.29) is 23.4 Å². The van der Waals surface area contributed by atoms with Crippen molar-refractivity contribution >= 4 is 23.5 Å².